The van der Waals surface area contributed by atoms with Crippen LogP contribution in [-0.4, -0.2) is 40.3 Å². The number of carbonyl (C=O) groups is 3. The molecule has 0 aliphatic heterocycles. The molecule has 0 rings (SSSR count). The van der Waals surface area contributed by atoms with Crippen molar-refractivity contribution < 1.29 is 29.3 Å². The van der Waals surface area contributed by atoms with Crippen LogP contribution in [0.4, 0.5) is 0 Å². The third-order valence-corrected chi connectivity index (χ3v) is 1.53. The number of hydrogen-bond acceptors (Lipinski definition) is 6. The summed E-state index contributed by atoms with van der Waals surface area (Å²) in [6, 6.07) is -1.17. The van der Waals surface area contributed by atoms with Gasteiger partial charge in [0.1, 0.15) is 12.1 Å². The Morgan fingerprint density at radius 3 is 2.33 bits per heavy atom. The maximum atomic E-state index is 10.9. The van der Waals surface area contributed by atoms with Gasteiger partial charge in [0.05, 0.1) is 0 Å². The van der Waals surface area contributed by atoms with Crippen LogP contribution in [-0.2, 0) is 19.1 Å². The van der Waals surface area contributed by atoms with Gasteiger partial charge in [-0.15, -0.1) is 0 Å². The number of carboxylic acids is 1. The van der Waals surface area contributed by atoms with Crippen LogP contribution in [0, 0.1) is 0 Å². The second-order valence-corrected chi connectivity index (χ2v) is 2.95. The van der Waals surface area contributed by atoms with E-state index in [4.69, 9.17) is 15.9 Å². The molecule has 0 radical (unpaired) electrons. The standard InChI is InChI=1S/C8H13NO6/c1-4(10)8(14)15-6(11)3-2-5(9)7(12)13/h4-5,10H,2-3,9H2,1H3,(H,12,13)/t4?,5-/m0/s1. The Morgan fingerprint density at radius 2 is 1.93 bits per heavy atom. The Labute approximate surface area is 85.8 Å². The van der Waals surface area contributed by atoms with Crippen LogP contribution in [0.1, 0.15) is 19.8 Å². The maximum Gasteiger partial charge on any atom is 0.342 e. The molecule has 0 fully saturated rings. The Hall–Kier alpha value is -1.47. The van der Waals surface area contributed by atoms with Crippen LogP contribution in [0.5, 0.6) is 0 Å². The molecule has 0 spiro atoms. The van der Waals surface area contributed by atoms with Crippen molar-refractivity contribution in [1.29, 1.82) is 0 Å². The summed E-state index contributed by atoms with van der Waals surface area (Å²) >= 11 is 0. The van der Waals surface area contributed by atoms with E-state index in [0.29, 0.717) is 0 Å². The molecule has 0 aromatic carbocycles. The number of esters is 2. The van der Waals surface area contributed by atoms with Gasteiger partial charge in [0, 0.05) is 6.42 Å². The molecule has 0 saturated heterocycles. The molecule has 0 amide bonds. The summed E-state index contributed by atoms with van der Waals surface area (Å²) in [6.07, 6.45) is -1.80. The van der Waals surface area contributed by atoms with Crippen molar-refractivity contribution >= 4 is 17.9 Å². The van der Waals surface area contributed by atoms with Gasteiger partial charge in [0.25, 0.3) is 0 Å². The quantitative estimate of drug-likeness (QED) is 0.384. The molecule has 15 heavy (non-hydrogen) atoms. The van der Waals surface area contributed by atoms with E-state index in [-0.39, 0.29) is 12.8 Å². The summed E-state index contributed by atoms with van der Waals surface area (Å²) in [6.45, 7) is 1.15. The molecule has 0 aromatic rings. The molecule has 0 aliphatic carbocycles. The molecule has 86 valence electrons. The normalized spacial score (nSPS) is 14.1. The molecule has 0 bridgehead atoms. The van der Waals surface area contributed by atoms with Crippen molar-refractivity contribution in [2.24, 2.45) is 5.73 Å². The van der Waals surface area contributed by atoms with E-state index in [9.17, 15) is 14.4 Å². The van der Waals surface area contributed by atoms with E-state index >= 15 is 0 Å². The van der Waals surface area contributed by atoms with Crippen LogP contribution in [0.15, 0.2) is 0 Å². The third kappa shape index (κ3) is 5.76. The molecule has 1 unspecified atom stereocenters. The van der Waals surface area contributed by atoms with Gasteiger partial charge in [-0.2, -0.15) is 0 Å². The second kappa shape index (κ2) is 6.10. The van der Waals surface area contributed by atoms with Crippen molar-refractivity contribution in [1.82, 2.24) is 0 Å². The summed E-state index contributed by atoms with van der Waals surface area (Å²) in [5, 5.41) is 17.1. The number of rotatable bonds is 5. The van der Waals surface area contributed by atoms with E-state index in [1.165, 1.54) is 0 Å². The third-order valence-electron chi connectivity index (χ3n) is 1.53. The van der Waals surface area contributed by atoms with Crippen molar-refractivity contribution in [3.05, 3.63) is 0 Å². The lowest BCUT2D eigenvalue weighted by molar-refractivity contribution is -0.165. The van der Waals surface area contributed by atoms with Crippen LogP contribution >= 0.6 is 0 Å². The number of ether oxygens (including phenoxy) is 1. The van der Waals surface area contributed by atoms with E-state index in [1.54, 1.807) is 0 Å². The second-order valence-electron chi connectivity index (χ2n) is 2.95. The summed E-state index contributed by atoms with van der Waals surface area (Å²) < 4.78 is 4.17. The highest BCUT2D eigenvalue weighted by Gasteiger charge is 2.18. The van der Waals surface area contributed by atoms with Crippen LogP contribution in [0.3, 0.4) is 0 Å². The Balaban J connectivity index is 3.86. The fraction of sp³-hybridized carbons (Fsp3) is 0.625. The molecule has 0 aliphatic rings. The first-order valence-corrected chi connectivity index (χ1v) is 4.25. The number of carboxylic acid groups (broad SMARTS) is 1. The Kier molecular flexibility index (Phi) is 5.50. The van der Waals surface area contributed by atoms with Gasteiger partial charge in [-0.05, 0) is 13.3 Å². The van der Waals surface area contributed by atoms with Crippen molar-refractivity contribution in [3.8, 4) is 0 Å². The zero-order valence-electron chi connectivity index (χ0n) is 8.17. The lowest BCUT2D eigenvalue weighted by atomic mass is 10.2. The van der Waals surface area contributed by atoms with E-state index in [2.05, 4.69) is 4.74 Å². The minimum absolute atomic E-state index is 0.124. The first-order chi connectivity index (χ1) is 6.84. The van der Waals surface area contributed by atoms with Gasteiger partial charge in [0.15, 0.2) is 0 Å². The molecule has 7 nitrogen and oxygen atoms in total. The van der Waals surface area contributed by atoms with Gasteiger partial charge in [-0.1, -0.05) is 0 Å². The Morgan fingerprint density at radius 1 is 1.40 bits per heavy atom. The number of hydrogen-bond donors (Lipinski definition) is 3. The molecule has 4 N–H and O–H groups in total. The minimum Gasteiger partial charge on any atom is -0.480 e. The zero-order chi connectivity index (χ0) is 12.0. The molecular formula is C8H13NO6. The van der Waals surface area contributed by atoms with Crippen LogP contribution in [0.2, 0.25) is 0 Å². The van der Waals surface area contributed by atoms with Crippen LogP contribution in [0.25, 0.3) is 0 Å². The minimum atomic E-state index is -1.39. The summed E-state index contributed by atoms with van der Waals surface area (Å²) in [5.74, 6) is -3.20. The van der Waals surface area contributed by atoms with Gasteiger partial charge in [-0.3, -0.25) is 9.59 Å². The molecule has 0 aromatic heterocycles. The van der Waals surface area contributed by atoms with Gasteiger partial charge in [0.2, 0.25) is 0 Å². The van der Waals surface area contributed by atoms with Gasteiger partial charge < -0.3 is 20.7 Å². The molecule has 2 atom stereocenters. The Bertz CT molecular complexity index is 262. The average molecular weight is 219 g/mol. The van der Waals surface area contributed by atoms with E-state index in [1.807, 2.05) is 0 Å². The first kappa shape index (κ1) is 13.5. The highest BCUT2D eigenvalue weighted by Crippen LogP contribution is 1.99. The number of nitrogens with two attached hydrogens (primary N) is 1. The SMILES string of the molecule is CC(O)C(=O)OC(=O)CC[C@H](N)C(=O)O. The smallest absolute Gasteiger partial charge is 0.342 e. The maximum absolute atomic E-state index is 10.9. The predicted octanol–water partition coefficient (Wildman–Crippen LogP) is -1.37. The highest BCUT2D eigenvalue weighted by molar-refractivity contribution is 5.87. The van der Waals surface area contributed by atoms with Crippen molar-refractivity contribution in [2.45, 2.75) is 31.9 Å². The van der Waals surface area contributed by atoms with Gasteiger partial charge >= 0.3 is 17.9 Å². The van der Waals surface area contributed by atoms with E-state index < -0.39 is 30.1 Å². The fourth-order valence-electron chi connectivity index (χ4n) is 0.645. The first-order valence-electron chi connectivity index (χ1n) is 4.25. The fourth-order valence-corrected chi connectivity index (χ4v) is 0.645. The van der Waals surface area contributed by atoms with Crippen molar-refractivity contribution in [3.63, 3.8) is 0 Å². The summed E-state index contributed by atoms with van der Waals surface area (Å²) in [5.41, 5.74) is 5.11. The lowest BCUT2D eigenvalue weighted by Crippen LogP contribution is -2.31. The molecule has 0 saturated carbocycles. The predicted molar refractivity (Wildman–Crippen MR) is 47.6 cm³/mol. The number of carbonyl (C=O) groups excluding carboxylic acids is 2. The molecule has 7 heteroatoms. The number of aliphatic hydroxyl groups excluding tert-OH is 1. The van der Waals surface area contributed by atoms with Crippen LogP contribution < -0.4 is 5.73 Å². The highest BCUT2D eigenvalue weighted by atomic mass is 16.6. The summed E-state index contributed by atoms with van der Waals surface area (Å²) in [7, 11) is 0. The lowest BCUT2D eigenvalue weighted by Gasteiger charge is -2.06. The monoisotopic (exact) mass is 219 g/mol. The average Bonchev–Trinajstić information content (AvgIpc) is 2.13. The molecular weight excluding hydrogens is 206 g/mol. The topological polar surface area (TPSA) is 127 Å². The van der Waals surface area contributed by atoms with E-state index in [0.717, 1.165) is 6.92 Å². The number of aliphatic hydroxyl groups is 1. The molecule has 0 heterocycles. The van der Waals surface area contributed by atoms with Crippen molar-refractivity contribution in [2.75, 3.05) is 0 Å². The summed E-state index contributed by atoms with van der Waals surface area (Å²) in [4.78, 5) is 31.8. The zero-order valence-corrected chi connectivity index (χ0v) is 8.17. The largest absolute Gasteiger partial charge is 0.480 e. The van der Waals surface area contributed by atoms with Gasteiger partial charge in [-0.25, -0.2) is 4.79 Å². The number of aliphatic carboxylic acids is 1.